The van der Waals surface area contributed by atoms with Crippen molar-refractivity contribution in [3.05, 3.63) is 72.1 Å². The monoisotopic (exact) mass is 501 g/mol. The minimum atomic E-state index is -2.79. The van der Waals surface area contributed by atoms with Gasteiger partial charge in [0.05, 0.1) is 18.4 Å². The fourth-order valence-corrected chi connectivity index (χ4v) is 9.60. The number of ether oxygens (including phenoxy) is 1. The van der Waals surface area contributed by atoms with E-state index >= 15 is 0 Å². The van der Waals surface area contributed by atoms with Crippen molar-refractivity contribution in [2.24, 2.45) is 0 Å². The lowest BCUT2D eigenvalue weighted by molar-refractivity contribution is 0.0493. The molecule has 2 aromatic carbocycles. The van der Waals surface area contributed by atoms with E-state index in [9.17, 15) is 9.00 Å². The zero-order valence-electron chi connectivity index (χ0n) is 21.5. The molecule has 186 valence electrons. The van der Waals surface area contributed by atoms with Gasteiger partial charge in [-0.15, -0.1) is 0 Å². The molecular weight excluding hydrogens is 462 g/mol. The summed E-state index contributed by atoms with van der Waals surface area (Å²) < 4.78 is 25.0. The zero-order valence-corrected chi connectivity index (χ0v) is 23.3. The number of hydrogen-bond acceptors (Lipinski definition) is 4. The van der Waals surface area contributed by atoms with Crippen LogP contribution in [0.25, 0.3) is 0 Å². The van der Waals surface area contributed by atoms with Gasteiger partial charge in [-0.05, 0) is 48.5 Å². The Bertz CT molecular complexity index is 926. The predicted octanol–water partition coefficient (Wildman–Crippen LogP) is 4.74. The number of benzene rings is 2. The van der Waals surface area contributed by atoms with E-state index in [-0.39, 0.29) is 17.4 Å². The number of hydrogen-bond donors (Lipinski definition) is 1. The van der Waals surface area contributed by atoms with Gasteiger partial charge >= 0.3 is 6.09 Å². The first-order valence-corrected chi connectivity index (χ1v) is 14.9. The zero-order chi connectivity index (χ0) is 25.4. The van der Waals surface area contributed by atoms with Crippen LogP contribution in [0.1, 0.15) is 48.5 Å². The maximum absolute atomic E-state index is 12.6. The Labute approximate surface area is 208 Å². The standard InChI is InChI=1S/C27H39NO4SSi/c1-8-19-33(30)21-22(28-25(29)32-26(2,3)4)20-31-34(27(5,6)7,23-15-11-9-12-16-23)24-17-13-10-14-18-24/h8-19,22H,20-21H2,1-7H3,(H,28,29)/b19-8+. The molecule has 5 nitrogen and oxygen atoms in total. The maximum atomic E-state index is 12.6. The molecule has 0 aliphatic carbocycles. The minimum Gasteiger partial charge on any atom is -0.444 e. The van der Waals surface area contributed by atoms with Crippen LogP contribution in [0.15, 0.2) is 72.1 Å². The van der Waals surface area contributed by atoms with Gasteiger partial charge in [-0.1, -0.05) is 87.5 Å². The van der Waals surface area contributed by atoms with Crippen LogP contribution in [0.3, 0.4) is 0 Å². The molecule has 2 unspecified atom stereocenters. The Morgan fingerprint density at radius 1 is 0.971 bits per heavy atom. The van der Waals surface area contributed by atoms with E-state index < -0.39 is 36.9 Å². The molecule has 0 fully saturated rings. The number of carbonyl (C=O) groups is 1. The average Bonchev–Trinajstić information content (AvgIpc) is 2.73. The molecule has 0 spiro atoms. The van der Waals surface area contributed by atoms with Gasteiger partial charge in [0.25, 0.3) is 8.32 Å². The number of rotatable bonds is 9. The number of alkyl carbamates (subject to hydrolysis) is 1. The fraction of sp³-hybridized carbons (Fsp3) is 0.444. The summed E-state index contributed by atoms with van der Waals surface area (Å²) in [6.07, 6.45) is 1.21. The third-order valence-electron chi connectivity index (χ3n) is 5.29. The van der Waals surface area contributed by atoms with E-state index in [1.54, 1.807) is 11.5 Å². The second-order valence-electron chi connectivity index (χ2n) is 10.3. The van der Waals surface area contributed by atoms with E-state index in [0.29, 0.717) is 0 Å². The highest BCUT2D eigenvalue weighted by Crippen LogP contribution is 2.36. The van der Waals surface area contributed by atoms with Crippen LogP contribution in [0.4, 0.5) is 4.79 Å². The van der Waals surface area contributed by atoms with Gasteiger partial charge in [0.15, 0.2) is 0 Å². The lowest BCUT2D eigenvalue weighted by Crippen LogP contribution is -2.67. The number of carbonyl (C=O) groups excluding carboxylic acids is 1. The summed E-state index contributed by atoms with van der Waals surface area (Å²) in [7, 11) is -4.03. The van der Waals surface area contributed by atoms with Gasteiger partial charge in [-0.25, -0.2) is 4.79 Å². The first-order chi connectivity index (χ1) is 15.9. The average molecular weight is 502 g/mol. The molecule has 2 aromatic rings. The molecule has 0 bridgehead atoms. The molecule has 0 aliphatic heterocycles. The van der Waals surface area contributed by atoms with Gasteiger partial charge in [-0.2, -0.15) is 0 Å². The highest BCUT2D eigenvalue weighted by Gasteiger charge is 2.50. The van der Waals surface area contributed by atoms with E-state index in [4.69, 9.17) is 9.16 Å². The molecule has 0 heterocycles. The van der Waals surface area contributed by atoms with Crippen molar-refractivity contribution in [2.45, 2.75) is 65.1 Å². The Morgan fingerprint density at radius 2 is 1.47 bits per heavy atom. The largest absolute Gasteiger partial charge is 0.444 e. The molecular formula is C27H39NO4SSi. The third kappa shape index (κ3) is 7.65. The van der Waals surface area contributed by atoms with Crippen LogP contribution in [0.2, 0.25) is 5.04 Å². The van der Waals surface area contributed by atoms with Gasteiger partial charge in [0.2, 0.25) is 0 Å². The Morgan fingerprint density at radius 3 is 1.88 bits per heavy atom. The first-order valence-electron chi connectivity index (χ1n) is 11.6. The lowest BCUT2D eigenvalue weighted by atomic mass is 10.2. The van der Waals surface area contributed by atoms with Crippen molar-refractivity contribution in [3.8, 4) is 0 Å². The molecule has 0 radical (unpaired) electrons. The van der Waals surface area contributed by atoms with Crippen molar-refractivity contribution >= 4 is 35.6 Å². The van der Waals surface area contributed by atoms with Crippen molar-refractivity contribution in [2.75, 3.05) is 12.4 Å². The molecule has 34 heavy (non-hydrogen) atoms. The molecule has 0 aliphatic rings. The quantitative estimate of drug-likeness (QED) is 0.504. The second-order valence-corrected chi connectivity index (χ2v) is 16.0. The Kier molecular flexibility index (Phi) is 9.85. The Hall–Kier alpha value is -2.22. The van der Waals surface area contributed by atoms with Crippen LogP contribution >= 0.6 is 0 Å². The first kappa shape index (κ1) is 28.0. The lowest BCUT2D eigenvalue weighted by Gasteiger charge is -2.43. The van der Waals surface area contributed by atoms with E-state index in [1.807, 2.05) is 64.1 Å². The van der Waals surface area contributed by atoms with Gasteiger partial charge in [0, 0.05) is 10.8 Å². The summed E-state index contributed by atoms with van der Waals surface area (Å²) in [6.45, 7) is 14.1. The second kappa shape index (κ2) is 12.0. The Balaban J connectivity index is 2.46. The number of nitrogens with one attached hydrogen (secondary N) is 1. The summed E-state index contributed by atoms with van der Waals surface area (Å²) in [5.41, 5.74) is -0.629. The highest BCUT2D eigenvalue weighted by atomic mass is 32.2. The summed E-state index contributed by atoms with van der Waals surface area (Å²) >= 11 is 0. The van der Waals surface area contributed by atoms with Gasteiger partial charge in [-0.3, -0.25) is 4.21 Å². The van der Waals surface area contributed by atoms with Crippen LogP contribution in [-0.2, 0) is 20.0 Å². The molecule has 7 heteroatoms. The van der Waals surface area contributed by atoms with Crippen LogP contribution in [0.5, 0.6) is 0 Å². The number of amides is 1. The predicted molar refractivity (Wildman–Crippen MR) is 145 cm³/mol. The van der Waals surface area contributed by atoms with Crippen LogP contribution < -0.4 is 15.7 Å². The summed E-state index contributed by atoms with van der Waals surface area (Å²) in [6, 6.07) is 20.2. The van der Waals surface area contributed by atoms with Crippen molar-refractivity contribution in [1.82, 2.24) is 5.32 Å². The maximum Gasteiger partial charge on any atom is 0.407 e. The molecule has 0 saturated heterocycles. The van der Waals surface area contributed by atoms with E-state index in [0.717, 1.165) is 10.4 Å². The minimum absolute atomic E-state index is 0.200. The van der Waals surface area contributed by atoms with E-state index in [2.05, 4.69) is 50.4 Å². The number of allylic oxidation sites excluding steroid dienone is 1. The SMILES string of the molecule is C/C=C/S(=O)CC(CO[Si](c1ccccc1)(c1ccccc1)C(C)(C)C)NC(=O)OC(C)(C)C. The van der Waals surface area contributed by atoms with Crippen LogP contribution in [-0.4, -0.2) is 42.6 Å². The summed E-state index contributed by atoms with van der Waals surface area (Å²) in [5.74, 6) is 0.238. The topological polar surface area (TPSA) is 64.6 Å². The van der Waals surface area contributed by atoms with Crippen molar-refractivity contribution in [3.63, 3.8) is 0 Å². The summed E-state index contributed by atoms with van der Waals surface area (Å²) in [5, 5.41) is 6.63. The molecule has 0 saturated carbocycles. The van der Waals surface area contributed by atoms with Crippen molar-refractivity contribution in [1.29, 1.82) is 0 Å². The smallest absolute Gasteiger partial charge is 0.407 e. The molecule has 0 aromatic heterocycles. The molecule has 1 amide bonds. The van der Waals surface area contributed by atoms with Crippen molar-refractivity contribution < 1.29 is 18.2 Å². The summed E-state index contributed by atoms with van der Waals surface area (Å²) in [4.78, 5) is 12.6. The van der Waals surface area contributed by atoms with Crippen LogP contribution in [0, 0.1) is 0 Å². The fourth-order valence-electron chi connectivity index (χ4n) is 4.00. The molecule has 2 rings (SSSR count). The van der Waals surface area contributed by atoms with Gasteiger partial charge in [0.1, 0.15) is 5.60 Å². The third-order valence-corrected chi connectivity index (χ3v) is 11.6. The van der Waals surface area contributed by atoms with E-state index in [1.165, 1.54) is 0 Å². The molecule has 2 atom stereocenters. The molecule has 1 N–H and O–H groups in total. The van der Waals surface area contributed by atoms with Gasteiger partial charge < -0.3 is 14.5 Å². The highest BCUT2D eigenvalue weighted by molar-refractivity contribution is 7.88. The normalized spacial score (nSPS) is 14.6.